The van der Waals surface area contributed by atoms with E-state index in [4.69, 9.17) is 23.2 Å². The van der Waals surface area contributed by atoms with Gasteiger partial charge < -0.3 is 5.32 Å². The van der Waals surface area contributed by atoms with E-state index in [0.29, 0.717) is 10.2 Å². The lowest BCUT2D eigenvalue weighted by Crippen LogP contribution is -2.17. The number of thiazole rings is 1. The molecule has 1 heterocycles. The molecule has 0 saturated carbocycles. The highest BCUT2D eigenvalue weighted by Crippen LogP contribution is 2.26. The smallest absolute Gasteiger partial charge is 0.248 e. The maximum absolute atomic E-state index is 12.2. The number of aromatic nitrogens is 1. The van der Waals surface area contributed by atoms with E-state index in [1.54, 1.807) is 6.20 Å². The number of benzene rings is 2. The highest BCUT2D eigenvalue weighted by molar-refractivity contribution is 7.15. The van der Waals surface area contributed by atoms with Crippen molar-refractivity contribution in [3.63, 3.8) is 0 Å². The molecule has 1 unspecified atom stereocenters. The fourth-order valence-electron chi connectivity index (χ4n) is 2.24. The Kier molecular flexibility index (Phi) is 5.51. The monoisotopic (exact) mass is 376 g/mol. The molecular weight excluding hydrogens is 363 g/mol. The van der Waals surface area contributed by atoms with Gasteiger partial charge in [-0.05, 0) is 23.3 Å². The molecule has 0 aliphatic rings. The maximum atomic E-state index is 12.2. The summed E-state index contributed by atoms with van der Waals surface area (Å²) in [5.41, 5.74) is 1.86. The van der Waals surface area contributed by atoms with Crippen molar-refractivity contribution in [1.82, 2.24) is 4.98 Å². The number of nitrogens with zero attached hydrogens (tertiary/aromatic N) is 1. The van der Waals surface area contributed by atoms with E-state index in [1.165, 1.54) is 11.3 Å². The molecule has 1 aromatic heterocycles. The van der Waals surface area contributed by atoms with Crippen LogP contribution in [0, 0.1) is 0 Å². The van der Waals surface area contributed by atoms with Gasteiger partial charge in [0.2, 0.25) is 5.91 Å². The van der Waals surface area contributed by atoms with Crippen LogP contribution in [-0.4, -0.2) is 10.9 Å². The first-order valence-corrected chi connectivity index (χ1v) is 8.94. The fraction of sp³-hybridized carbons (Fsp3) is 0.111. The van der Waals surface area contributed by atoms with Gasteiger partial charge in [0.05, 0.1) is 0 Å². The van der Waals surface area contributed by atoms with Crippen LogP contribution in [0.1, 0.15) is 21.4 Å². The Morgan fingerprint density at radius 1 is 1.17 bits per heavy atom. The first kappa shape index (κ1) is 17.0. The number of hydrogen-bond acceptors (Lipinski definition) is 3. The second kappa shape index (κ2) is 7.79. The van der Waals surface area contributed by atoms with Crippen molar-refractivity contribution < 1.29 is 4.79 Å². The van der Waals surface area contributed by atoms with Gasteiger partial charge in [0.25, 0.3) is 0 Å². The number of anilines is 1. The van der Waals surface area contributed by atoms with Crippen molar-refractivity contribution in [3.05, 3.63) is 81.8 Å². The highest BCUT2D eigenvalue weighted by atomic mass is 35.5. The Labute approximate surface area is 154 Å². The lowest BCUT2D eigenvalue weighted by atomic mass is 10.1. The number of halogens is 2. The van der Waals surface area contributed by atoms with Crippen molar-refractivity contribution in [2.45, 2.75) is 11.8 Å². The molecule has 122 valence electrons. The van der Waals surface area contributed by atoms with E-state index in [2.05, 4.69) is 10.3 Å². The number of nitrogens with one attached hydrogen (secondary N) is 1. The molecule has 0 radical (unpaired) electrons. The van der Waals surface area contributed by atoms with Gasteiger partial charge >= 0.3 is 0 Å². The second-order valence-electron chi connectivity index (χ2n) is 5.20. The fourth-order valence-corrected chi connectivity index (χ4v) is 3.50. The Balaban J connectivity index is 1.64. The number of amides is 1. The third-order valence-corrected chi connectivity index (χ3v) is 4.97. The van der Waals surface area contributed by atoms with Gasteiger partial charge in [-0.3, -0.25) is 4.79 Å². The van der Waals surface area contributed by atoms with Gasteiger partial charge in [0.1, 0.15) is 5.38 Å². The van der Waals surface area contributed by atoms with Crippen LogP contribution in [0.25, 0.3) is 0 Å². The van der Waals surface area contributed by atoms with Crippen LogP contribution in [0.2, 0.25) is 5.02 Å². The summed E-state index contributed by atoms with van der Waals surface area (Å²) in [5, 5.41) is 3.27. The van der Waals surface area contributed by atoms with Crippen LogP contribution in [-0.2, 0) is 11.2 Å². The van der Waals surface area contributed by atoms with Gasteiger partial charge in [-0.1, -0.05) is 54.1 Å². The minimum atomic E-state index is -0.744. The molecule has 1 amide bonds. The average molecular weight is 377 g/mol. The summed E-state index contributed by atoms with van der Waals surface area (Å²) in [6, 6.07) is 16.9. The summed E-state index contributed by atoms with van der Waals surface area (Å²) in [7, 11) is 0. The predicted octanol–water partition coefficient (Wildman–Crippen LogP) is 5.31. The number of alkyl halides is 1. The van der Waals surface area contributed by atoms with E-state index >= 15 is 0 Å². The second-order valence-corrected chi connectivity index (χ2v) is 7.19. The van der Waals surface area contributed by atoms with Crippen LogP contribution in [0.15, 0.2) is 60.8 Å². The van der Waals surface area contributed by atoms with Gasteiger partial charge in [-0.25, -0.2) is 4.98 Å². The molecule has 6 heteroatoms. The molecule has 0 fully saturated rings. The van der Waals surface area contributed by atoms with E-state index in [0.717, 1.165) is 22.4 Å². The van der Waals surface area contributed by atoms with E-state index < -0.39 is 5.38 Å². The van der Waals surface area contributed by atoms with E-state index in [1.807, 2.05) is 54.6 Å². The lowest BCUT2D eigenvalue weighted by Gasteiger charge is -2.08. The summed E-state index contributed by atoms with van der Waals surface area (Å²) < 4.78 is 0. The minimum absolute atomic E-state index is 0.286. The van der Waals surface area contributed by atoms with Crippen LogP contribution < -0.4 is 5.32 Å². The van der Waals surface area contributed by atoms with Crippen molar-refractivity contribution in [3.8, 4) is 0 Å². The zero-order valence-corrected chi connectivity index (χ0v) is 14.9. The summed E-state index contributed by atoms with van der Waals surface area (Å²) in [4.78, 5) is 17.5. The molecule has 0 bridgehead atoms. The van der Waals surface area contributed by atoms with Gasteiger partial charge in [0.15, 0.2) is 5.13 Å². The summed E-state index contributed by atoms with van der Waals surface area (Å²) >= 11 is 13.6. The zero-order chi connectivity index (χ0) is 16.9. The predicted molar refractivity (Wildman–Crippen MR) is 100 cm³/mol. The Hall–Kier alpha value is -1.88. The summed E-state index contributed by atoms with van der Waals surface area (Å²) in [5.74, 6) is -0.286. The lowest BCUT2D eigenvalue weighted by molar-refractivity contribution is -0.116. The third kappa shape index (κ3) is 4.35. The Bertz CT molecular complexity index is 836. The molecule has 1 N–H and O–H groups in total. The first-order valence-electron chi connectivity index (χ1n) is 7.31. The maximum Gasteiger partial charge on any atom is 0.248 e. The van der Waals surface area contributed by atoms with Crippen molar-refractivity contribution in [2.75, 3.05) is 5.32 Å². The number of hydrogen-bond donors (Lipinski definition) is 1. The van der Waals surface area contributed by atoms with Crippen LogP contribution in [0.3, 0.4) is 0 Å². The van der Waals surface area contributed by atoms with Gasteiger partial charge in [-0.15, -0.1) is 22.9 Å². The van der Waals surface area contributed by atoms with Crippen LogP contribution in [0.4, 0.5) is 5.13 Å². The van der Waals surface area contributed by atoms with Crippen LogP contribution >= 0.6 is 34.5 Å². The van der Waals surface area contributed by atoms with E-state index in [-0.39, 0.29) is 5.91 Å². The van der Waals surface area contributed by atoms with Crippen LogP contribution in [0.5, 0.6) is 0 Å². The topological polar surface area (TPSA) is 42.0 Å². The third-order valence-electron chi connectivity index (χ3n) is 3.37. The first-order chi connectivity index (χ1) is 11.6. The molecule has 3 nitrogen and oxygen atoms in total. The molecule has 0 aliphatic heterocycles. The Morgan fingerprint density at radius 3 is 2.71 bits per heavy atom. The number of carbonyl (C=O) groups is 1. The van der Waals surface area contributed by atoms with Crippen molar-refractivity contribution in [2.24, 2.45) is 0 Å². The highest BCUT2D eigenvalue weighted by Gasteiger charge is 2.18. The molecule has 24 heavy (non-hydrogen) atoms. The molecule has 0 saturated heterocycles. The standard InChI is InChI=1S/C18H14Cl2N2OS/c19-14-8-4-5-12(9-14)10-15-11-21-18(24-15)22-17(23)16(20)13-6-2-1-3-7-13/h1-9,11,16H,10H2,(H,21,22,23). The van der Waals surface area contributed by atoms with E-state index in [9.17, 15) is 4.79 Å². The quantitative estimate of drug-likeness (QED) is 0.613. The minimum Gasteiger partial charge on any atom is -0.300 e. The molecule has 0 spiro atoms. The summed E-state index contributed by atoms with van der Waals surface area (Å²) in [6.45, 7) is 0. The average Bonchev–Trinajstić information content (AvgIpc) is 3.02. The molecule has 0 aliphatic carbocycles. The number of carbonyl (C=O) groups excluding carboxylic acids is 1. The summed E-state index contributed by atoms with van der Waals surface area (Å²) in [6.07, 6.45) is 2.48. The SMILES string of the molecule is O=C(Nc1ncc(Cc2cccc(Cl)c2)s1)C(Cl)c1ccccc1. The van der Waals surface area contributed by atoms with Gasteiger partial charge in [0, 0.05) is 22.5 Å². The molecule has 3 rings (SSSR count). The number of rotatable bonds is 5. The normalized spacial score (nSPS) is 11.9. The largest absolute Gasteiger partial charge is 0.300 e. The molecule has 2 aromatic carbocycles. The zero-order valence-electron chi connectivity index (χ0n) is 12.6. The molecule has 1 atom stereocenters. The Morgan fingerprint density at radius 2 is 1.96 bits per heavy atom. The van der Waals surface area contributed by atoms with Gasteiger partial charge in [-0.2, -0.15) is 0 Å². The molecular formula is C18H14Cl2N2OS. The molecule has 3 aromatic rings. The van der Waals surface area contributed by atoms with Crippen molar-refractivity contribution >= 4 is 45.6 Å². The van der Waals surface area contributed by atoms with Crippen molar-refractivity contribution in [1.29, 1.82) is 0 Å².